The lowest BCUT2D eigenvalue weighted by Crippen LogP contribution is -2.30. The van der Waals surface area contributed by atoms with Crippen LogP contribution in [0.3, 0.4) is 0 Å². The van der Waals surface area contributed by atoms with Gasteiger partial charge in [0.05, 0.1) is 21.1 Å². The largest absolute Gasteiger partial charge is 0.352 e. The van der Waals surface area contributed by atoms with Crippen LogP contribution in [-0.4, -0.2) is 34.8 Å². The summed E-state index contributed by atoms with van der Waals surface area (Å²) in [5, 5.41) is 16.1. The maximum atomic E-state index is 12.0. The van der Waals surface area contributed by atoms with E-state index in [4.69, 9.17) is 11.6 Å². The van der Waals surface area contributed by atoms with Gasteiger partial charge in [-0.1, -0.05) is 11.6 Å². The first-order valence-corrected chi connectivity index (χ1v) is 8.19. The molecule has 1 aromatic carbocycles. The summed E-state index contributed by atoms with van der Waals surface area (Å²) in [4.78, 5) is 38.1. The second kappa shape index (κ2) is 8.91. The zero-order valence-electron chi connectivity index (χ0n) is 14.0. The number of non-ortho nitro benzene ring substituents is 1. The van der Waals surface area contributed by atoms with E-state index in [-0.39, 0.29) is 22.2 Å². The van der Waals surface area contributed by atoms with Crippen molar-refractivity contribution in [2.24, 2.45) is 0 Å². The number of benzene rings is 1. The van der Waals surface area contributed by atoms with Gasteiger partial charge >= 0.3 is 0 Å². The molecule has 0 radical (unpaired) electrons. The first kappa shape index (κ1) is 19.3. The number of nitrogens with one attached hydrogen (secondary N) is 2. The van der Waals surface area contributed by atoms with Gasteiger partial charge in [0.15, 0.2) is 0 Å². The van der Waals surface area contributed by atoms with Crippen molar-refractivity contribution in [2.75, 3.05) is 13.1 Å². The molecule has 0 aliphatic carbocycles. The number of halogens is 1. The Bertz CT molecular complexity index is 824. The van der Waals surface area contributed by atoms with Gasteiger partial charge < -0.3 is 10.6 Å². The number of hydrogen-bond acceptors (Lipinski definition) is 5. The van der Waals surface area contributed by atoms with Crippen molar-refractivity contribution in [1.29, 1.82) is 0 Å². The number of amides is 2. The summed E-state index contributed by atoms with van der Waals surface area (Å²) in [7, 11) is 0. The van der Waals surface area contributed by atoms with E-state index in [1.165, 1.54) is 18.3 Å². The fraction of sp³-hybridized carbons (Fsp3) is 0.235. The van der Waals surface area contributed by atoms with Gasteiger partial charge in [-0.05, 0) is 31.5 Å². The van der Waals surface area contributed by atoms with Gasteiger partial charge in [0, 0.05) is 37.1 Å². The summed E-state index contributed by atoms with van der Waals surface area (Å²) in [6.45, 7) is 2.53. The van der Waals surface area contributed by atoms with Crippen LogP contribution in [0.2, 0.25) is 5.02 Å². The van der Waals surface area contributed by atoms with E-state index in [2.05, 4.69) is 15.6 Å². The summed E-state index contributed by atoms with van der Waals surface area (Å²) in [6, 6.07) is 7.10. The first-order chi connectivity index (χ1) is 12.4. The quantitative estimate of drug-likeness (QED) is 0.437. The number of rotatable bonds is 7. The molecule has 0 unspecified atom stereocenters. The monoisotopic (exact) mass is 376 g/mol. The normalized spacial score (nSPS) is 10.2. The highest BCUT2D eigenvalue weighted by atomic mass is 35.5. The molecule has 0 atom stereocenters. The molecular weight excluding hydrogens is 360 g/mol. The Hall–Kier alpha value is -3.00. The Morgan fingerprint density at radius 2 is 1.85 bits per heavy atom. The summed E-state index contributed by atoms with van der Waals surface area (Å²) >= 11 is 5.90. The molecule has 0 fully saturated rings. The van der Waals surface area contributed by atoms with Crippen molar-refractivity contribution >= 4 is 29.1 Å². The van der Waals surface area contributed by atoms with E-state index in [0.29, 0.717) is 25.1 Å². The molecule has 2 amide bonds. The minimum absolute atomic E-state index is 0.0110. The minimum atomic E-state index is -0.584. The predicted octanol–water partition coefficient (Wildman–Crippen LogP) is 2.50. The van der Waals surface area contributed by atoms with E-state index in [9.17, 15) is 19.7 Å². The molecule has 0 aliphatic rings. The van der Waals surface area contributed by atoms with E-state index in [1.807, 2.05) is 6.92 Å². The van der Waals surface area contributed by atoms with Gasteiger partial charge in [0.25, 0.3) is 17.5 Å². The average Bonchev–Trinajstić information content (AvgIpc) is 2.61. The summed E-state index contributed by atoms with van der Waals surface area (Å²) in [5.41, 5.74) is 1.28. The molecule has 2 aromatic rings. The van der Waals surface area contributed by atoms with Gasteiger partial charge in [-0.15, -0.1) is 0 Å². The third-order valence-electron chi connectivity index (χ3n) is 3.51. The van der Waals surface area contributed by atoms with Crippen molar-refractivity contribution in [3.8, 4) is 0 Å². The number of nitro groups is 1. The van der Waals surface area contributed by atoms with Gasteiger partial charge in [-0.25, -0.2) is 0 Å². The molecular formula is C17H17ClN4O4. The Labute approximate surface area is 154 Å². The van der Waals surface area contributed by atoms with E-state index >= 15 is 0 Å². The van der Waals surface area contributed by atoms with Crippen LogP contribution in [0, 0.1) is 17.0 Å². The molecule has 0 saturated heterocycles. The molecule has 0 spiro atoms. The zero-order chi connectivity index (χ0) is 19.1. The van der Waals surface area contributed by atoms with Crippen LogP contribution in [0.1, 0.15) is 32.8 Å². The number of aromatic nitrogens is 1. The highest BCUT2D eigenvalue weighted by molar-refractivity contribution is 6.34. The molecule has 0 aliphatic heterocycles. The minimum Gasteiger partial charge on any atom is -0.352 e. The Morgan fingerprint density at radius 1 is 1.15 bits per heavy atom. The number of carbonyl (C=O) groups is 2. The Balaban J connectivity index is 1.76. The summed E-state index contributed by atoms with van der Waals surface area (Å²) in [6.07, 6.45) is 2.02. The van der Waals surface area contributed by atoms with Gasteiger partial charge in [0.2, 0.25) is 0 Å². The zero-order valence-corrected chi connectivity index (χ0v) is 14.7. The van der Waals surface area contributed by atoms with Crippen LogP contribution < -0.4 is 10.6 Å². The van der Waals surface area contributed by atoms with Gasteiger partial charge in [-0.3, -0.25) is 24.7 Å². The fourth-order valence-electron chi connectivity index (χ4n) is 2.09. The van der Waals surface area contributed by atoms with Crippen molar-refractivity contribution in [2.45, 2.75) is 13.3 Å². The van der Waals surface area contributed by atoms with Crippen molar-refractivity contribution in [3.63, 3.8) is 0 Å². The van der Waals surface area contributed by atoms with Crippen LogP contribution in [0.15, 0.2) is 36.5 Å². The lowest BCUT2D eigenvalue weighted by molar-refractivity contribution is -0.384. The number of hydrogen-bond donors (Lipinski definition) is 2. The molecule has 26 heavy (non-hydrogen) atoms. The van der Waals surface area contributed by atoms with Crippen LogP contribution in [0.25, 0.3) is 0 Å². The third-order valence-corrected chi connectivity index (χ3v) is 3.82. The molecule has 1 aromatic heterocycles. The molecule has 1 heterocycles. The number of pyridine rings is 1. The Kier molecular flexibility index (Phi) is 6.62. The Morgan fingerprint density at radius 3 is 2.42 bits per heavy atom. The topological polar surface area (TPSA) is 114 Å². The highest BCUT2D eigenvalue weighted by Gasteiger charge is 2.14. The molecule has 2 rings (SSSR count). The molecule has 136 valence electrons. The maximum Gasteiger partial charge on any atom is 0.270 e. The van der Waals surface area contributed by atoms with Crippen LogP contribution in [0.5, 0.6) is 0 Å². The van der Waals surface area contributed by atoms with Crippen LogP contribution in [0.4, 0.5) is 5.69 Å². The summed E-state index contributed by atoms with van der Waals surface area (Å²) in [5.74, 6) is -0.666. The van der Waals surface area contributed by atoms with Gasteiger partial charge in [0.1, 0.15) is 0 Å². The van der Waals surface area contributed by atoms with Crippen molar-refractivity contribution in [1.82, 2.24) is 15.6 Å². The van der Waals surface area contributed by atoms with Crippen molar-refractivity contribution < 1.29 is 14.5 Å². The van der Waals surface area contributed by atoms with Crippen molar-refractivity contribution in [3.05, 3.63) is 68.5 Å². The molecule has 0 bridgehead atoms. The molecule has 2 N–H and O–H groups in total. The smallest absolute Gasteiger partial charge is 0.270 e. The standard InChI is InChI=1S/C17H17ClN4O4/c1-11-3-4-12(10-21-11)16(23)19-7-2-8-20-17(24)14-6-5-13(22(25)26)9-15(14)18/h3-6,9-10H,2,7-8H2,1H3,(H,19,23)(H,20,24). The molecule has 8 nitrogen and oxygen atoms in total. The SMILES string of the molecule is Cc1ccc(C(=O)NCCCNC(=O)c2ccc([N+](=O)[O-])cc2Cl)cn1. The lowest BCUT2D eigenvalue weighted by atomic mass is 10.2. The molecule has 0 saturated carbocycles. The fourth-order valence-corrected chi connectivity index (χ4v) is 2.35. The van der Waals surface area contributed by atoms with Crippen LogP contribution >= 0.6 is 11.6 Å². The van der Waals surface area contributed by atoms with Gasteiger partial charge in [-0.2, -0.15) is 0 Å². The van der Waals surface area contributed by atoms with E-state index in [1.54, 1.807) is 12.1 Å². The average molecular weight is 377 g/mol. The van der Waals surface area contributed by atoms with Crippen LogP contribution in [-0.2, 0) is 0 Å². The second-order valence-corrected chi connectivity index (χ2v) is 5.88. The summed E-state index contributed by atoms with van der Waals surface area (Å²) < 4.78 is 0. The number of aryl methyl sites for hydroxylation is 1. The van der Waals surface area contributed by atoms with E-state index in [0.717, 1.165) is 11.8 Å². The van der Waals surface area contributed by atoms with E-state index < -0.39 is 10.8 Å². The predicted molar refractivity (Wildman–Crippen MR) is 96.4 cm³/mol. The third kappa shape index (κ3) is 5.25. The second-order valence-electron chi connectivity index (χ2n) is 5.47. The highest BCUT2D eigenvalue weighted by Crippen LogP contribution is 2.22. The number of nitro benzene ring substituents is 1. The first-order valence-electron chi connectivity index (χ1n) is 7.81. The maximum absolute atomic E-state index is 12.0. The molecule has 9 heteroatoms. The lowest BCUT2D eigenvalue weighted by Gasteiger charge is -2.08. The number of carbonyl (C=O) groups excluding carboxylic acids is 2. The number of nitrogens with zero attached hydrogens (tertiary/aromatic N) is 2.